The average molecular weight is 288 g/mol. The molecule has 0 atom stereocenters. The van der Waals surface area contributed by atoms with Gasteiger partial charge in [0.25, 0.3) is 5.91 Å². The van der Waals surface area contributed by atoms with Gasteiger partial charge in [0.1, 0.15) is 11.6 Å². The normalized spacial score (nSPS) is 10.2. The summed E-state index contributed by atoms with van der Waals surface area (Å²) in [5, 5.41) is 2.67. The lowest BCUT2D eigenvalue weighted by molar-refractivity contribution is -0.123. The minimum atomic E-state index is -0.324. The Morgan fingerprint density at radius 2 is 2.00 bits per heavy atom. The molecule has 21 heavy (non-hydrogen) atoms. The number of hydrogen-bond donors (Lipinski definition) is 2. The molecule has 0 aliphatic carbocycles. The van der Waals surface area contributed by atoms with Gasteiger partial charge in [-0.05, 0) is 23.8 Å². The number of rotatable bonds is 6. The molecule has 1 amide bonds. The highest BCUT2D eigenvalue weighted by Gasteiger charge is 2.06. The zero-order chi connectivity index (χ0) is 15.1. The van der Waals surface area contributed by atoms with E-state index in [1.165, 1.54) is 12.1 Å². The molecule has 0 saturated heterocycles. The molecule has 3 N–H and O–H groups in total. The molecule has 0 heterocycles. The van der Waals surface area contributed by atoms with Gasteiger partial charge in [0.05, 0.1) is 0 Å². The maximum absolute atomic E-state index is 13.0. The van der Waals surface area contributed by atoms with Crippen molar-refractivity contribution in [2.75, 3.05) is 6.61 Å². The van der Waals surface area contributed by atoms with E-state index in [9.17, 15) is 9.18 Å². The van der Waals surface area contributed by atoms with Gasteiger partial charge in [-0.25, -0.2) is 4.39 Å². The highest BCUT2D eigenvalue weighted by atomic mass is 19.1. The van der Waals surface area contributed by atoms with Gasteiger partial charge >= 0.3 is 0 Å². The lowest BCUT2D eigenvalue weighted by Gasteiger charge is -2.10. The van der Waals surface area contributed by atoms with Crippen LogP contribution in [0.4, 0.5) is 4.39 Å². The molecular formula is C16H17FN2O2. The molecule has 0 aliphatic rings. The zero-order valence-electron chi connectivity index (χ0n) is 11.5. The molecular weight excluding hydrogens is 271 g/mol. The lowest BCUT2D eigenvalue weighted by Crippen LogP contribution is -2.28. The van der Waals surface area contributed by atoms with Crippen molar-refractivity contribution in [2.45, 2.75) is 13.1 Å². The summed E-state index contributed by atoms with van der Waals surface area (Å²) in [5.41, 5.74) is 7.13. The van der Waals surface area contributed by atoms with Crippen LogP contribution < -0.4 is 15.8 Å². The first kappa shape index (κ1) is 15.0. The first-order valence-corrected chi connectivity index (χ1v) is 6.61. The molecule has 2 aromatic rings. The largest absolute Gasteiger partial charge is 0.483 e. The maximum atomic E-state index is 13.0. The van der Waals surface area contributed by atoms with Crippen molar-refractivity contribution in [3.8, 4) is 5.75 Å². The molecule has 0 aromatic heterocycles. The van der Waals surface area contributed by atoms with Crippen LogP contribution in [0.1, 0.15) is 11.1 Å². The average Bonchev–Trinajstić information content (AvgIpc) is 2.51. The second-order valence-corrected chi connectivity index (χ2v) is 4.51. The van der Waals surface area contributed by atoms with Crippen molar-refractivity contribution < 1.29 is 13.9 Å². The van der Waals surface area contributed by atoms with Gasteiger partial charge in [-0.1, -0.05) is 30.3 Å². The van der Waals surface area contributed by atoms with Crippen LogP contribution >= 0.6 is 0 Å². The molecule has 5 heteroatoms. The topological polar surface area (TPSA) is 64.3 Å². The Hall–Kier alpha value is -2.40. The van der Waals surface area contributed by atoms with Crippen molar-refractivity contribution >= 4 is 5.91 Å². The summed E-state index contributed by atoms with van der Waals surface area (Å²) in [4.78, 5) is 11.7. The molecule has 0 bridgehead atoms. The second-order valence-electron chi connectivity index (χ2n) is 4.51. The summed E-state index contributed by atoms with van der Waals surface area (Å²) in [5.74, 6) is 0.00173. The van der Waals surface area contributed by atoms with Crippen LogP contribution in [0.3, 0.4) is 0 Å². The molecule has 0 spiro atoms. The van der Waals surface area contributed by atoms with Crippen LogP contribution in [0.2, 0.25) is 0 Å². The van der Waals surface area contributed by atoms with Crippen LogP contribution in [-0.2, 0) is 17.9 Å². The van der Waals surface area contributed by atoms with E-state index in [4.69, 9.17) is 10.5 Å². The summed E-state index contributed by atoms with van der Waals surface area (Å²) in [6.07, 6.45) is 0. The maximum Gasteiger partial charge on any atom is 0.258 e. The lowest BCUT2D eigenvalue weighted by atomic mass is 10.2. The zero-order valence-corrected chi connectivity index (χ0v) is 11.5. The quantitative estimate of drug-likeness (QED) is 0.854. The van der Waals surface area contributed by atoms with E-state index >= 15 is 0 Å². The van der Waals surface area contributed by atoms with Crippen molar-refractivity contribution in [2.24, 2.45) is 5.73 Å². The first-order chi connectivity index (χ1) is 10.2. The van der Waals surface area contributed by atoms with Gasteiger partial charge in [-0.15, -0.1) is 0 Å². The molecule has 0 aliphatic heterocycles. The minimum absolute atomic E-state index is 0.105. The van der Waals surface area contributed by atoms with E-state index in [1.807, 2.05) is 18.2 Å². The number of carbonyl (C=O) groups is 1. The third-order valence-electron chi connectivity index (χ3n) is 2.93. The fourth-order valence-corrected chi connectivity index (χ4v) is 1.86. The smallest absolute Gasteiger partial charge is 0.258 e. The highest BCUT2D eigenvalue weighted by Crippen LogP contribution is 2.16. The minimum Gasteiger partial charge on any atom is -0.483 e. The van der Waals surface area contributed by atoms with Crippen LogP contribution in [0.15, 0.2) is 48.5 Å². The second kappa shape index (κ2) is 7.40. The standard InChI is InChI=1S/C16H17FN2O2/c17-14-6-3-4-12(8-14)10-19-16(20)11-21-15-7-2-1-5-13(15)9-18/h1-8H,9-11,18H2,(H,19,20). The monoisotopic (exact) mass is 288 g/mol. The van der Waals surface area contributed by atoms with Gasteiger partial charge in [0.2, 0.25) is 0 Å². The van der Waals surface area contributed by atoms with Crippen molar-refractivity contribution in [1.82, 2.24) is 5.32 Å². The molecule has 110 valence electrons. The van der Waals surface area contributed by atoms with E-state index in [1.54, 1.807) is 18.2 Å². The Kier molecular flexibility index (Phi) is 5.29. The Balaban J connectivity index is 1.82. The number of para-hydroxylation sites is 1. The highest BCUT2D eigenvalue weighted by molar-refractivity contribution is 5.77. The molecule has 2 rings (SSSR count). The van der Waals surface area contributed by atoms with Crippen LogP contribution in [0, 0.1) is 5.82 Å². The number of halogens is 1. The summed E-state index contributed by atoms with van der Waals surface area (Å²) in [6.45, 7) is 0.506. The van der Waals surface area contributed by atoms with Crippen LogP contribution in [0.25, 0.3) is 0 Å². The predicted octanol–water partition coefficient (Wildman–Crippen LogP) is 1.98. The van der Waals surface area contributed by atoms with E-state index in [2.05, 4.69) is 5.32 Å². The van der Waals surface area contributed by atoms with Gasteiger partial charge in [-0.2, -0.15) is 0 Å². The number of benzene rings is 2. The number of hydrogen-bond acceptors (Lipinski definition) is 3. The molecule has 2 aromatic carbocycles. The molecule has 0 radical (unpaired) electrons. The summed E-state index contributed by atoms with van der Waals surface area (Å²) < 4.78 is 18.4. The first-order valence-electron chi connectivity index (χ1n) is 6.61. The van der Waals surface area contributed by atoms with Gasteiger partial charge in [0.15, 0.2) is 6.61 Å². The number of nitrogens with one attached hydrogen (secondary N) is 1. The molecule has 0 fully saturated rings. The van der Waals surface area contributed by atoms with Crippen molar-refractivity contribution in [3.05, 3.63) is 65.5 Å². The van der Waals surface area contributed by atoms with Gasteiger partial charge in [-0.3, -0.25) is 4.79 Å². The molecule has 0 unspecified atom stereocenters. The number of nitrogens with two attached hydrogens (primary N) is 1. The third kappa shape index (κ3) is 4.57. The Morgan fingerprint density at radius 3 is 2.76 bits per heavy atom. The fraction of sp³-hybridized carbons (Fsp3) is 0.188. The van der Waals surface area contributed by atoms with E-state index in [0.29, 0.717) is 17.9 Å². The van der Waals surface area contributed by atoms with E-state index in [-0.39, 0.29) is 24.9 Å². The predicted molar refractivity (Wildman–Crippen MR) is 78.1 cm³/mol. The fourth-order valence-electron chi connectivity index (χ4n) is 1.86. The van der Waals surface area contributed by atoms with Crippen LogP contribution in [-0.4, -0.2) is 12.5 Å². The summed E-state index contributed by atoms with van der Waals surface area (Å²) in [7, 11) is 0. The van der Waals surface area contributed by atoms with Crippen molar-refractivity contribution in [1.29, 1.82) is 0 Å². The number of amides is 1. The van der Waals surface area contributed by atoms with Gasteiger partial charge < -0.3 is 15.8 Å². The Morgan fingerprint density at radius 1 is 1.19 bits per heavy atom. The van der Waals surface area contributed by atoms with Gasteiger partial charge in [0, 0.05) is 18.7 Å². The van der Waals surface area contributed by atoms with Crippen LogP contribution in [0.5, 0.6) is 5.75 Å². The van der Waals surface area contributed by atoms with Crippen molar-refractivity contribution in [3.63, 3.8) is 0 Å². The Labute approximate surface area is 122 Å². The third-order valence-corrected chi connectivity index (χ3v) is 2.93. The molecule has 4 nitrogen and oxygen atoms in total. The number of ether oxygens (including phenoxy) is 1. The Bertz CT molecular complexity index is 617. The van der Waals surface area contributed by atoms with E-state index in [0.717, 1.165) is 5.56 Å². The summed E-state index contributed by atoms with van der Waals surface area (Å²) >= 11 is 0. The SMILES string of the molecule is NCc1ccccc1OCC(=O)NCc1cccc(F)c1. The number of carbonyl (C=O) groups excluding carboxylic acids is 1. The molecule has 0 saturated carbocycles. The summed E-state index contributed by atoms with van der Waals surface area (Å²) in [6, 6.07) is 13.4. The van der Waals surface area contributed by atoms with E-state index < -0.39 is 0 Å².